The van der Waals surface area contributed by atoms with Gasteiger partial charge in [-0.3, -0.25) is 14.4 Å². The molecule has 1 heterocycles. The molecule has 0 radical (unpaired) electrons. The van der Waals surface area contributed by atoms with Crippen molar-refractivity contribution in [1.29, 1.82) is 0 Å². The number of carbonyl (C=O) groups excluding carboxylic acids is 3. The van der Waals surface area contributed by atoms with Gasteiger partial charge in [-0.1, -0.05) is 11.6 Å². The molecular weight excluding hydrogens is 292 g/mol. The van der Waals surface area contributed by atoms with E-state index in [0.717, 1.165) is 0 Å². The Morgan fingerprint density at radius 1 is 1.15 bits per heavy atom. The van der Waals surface area contributed by atoms with E-state index in [1.807, 2.05) is 0 Å². The molecule has 112 valence electrons. The first-order chi connectivity index (χ1) is 9.31. The molecule has 3 atom stereocenters. The van der Waals surface area contributed by atoms with E-state index in [9.17, 15) is 14.4 Å². The lowest BCUT2D eigenvalue weighted by Gasteiger charge is -2.34. The van der Waals surface area contributed by atoms with Crippen molar-refractivity contribution in [2.75, 3.05) is 6.61 Å². The summed E-state index contributed by atoms with van der Waals surface area (Å²) in [7, 11) is 0. The molecule has 0 fully saturated rings. The fourth-order valence-electron chi connectivity index (χ4n) is 1.61. The second-order valence-corrected chi connectivity index (χ2v) is 4.52. The number of hydrogen-bond donors (Lipinski definition) is 0. The molecule has 20 heavy (non-hydrogen) atoms. The molecule has 0 N–H and O–H groups in total. The van der Waals surface area contributed by atoms with Gasteiger partial charge >= 0.3 is 17.9 Å². The number of esters is 3. The quantitative estimate of drug-likeness (QED) is 0.563. The average molecular weight is 307 g/mol. The van der Waals surface area contributed by atoms with Gasteiger partial charge in [0.1, 0.15) is 12.9 Å². The van der Waals surface area contributed by atoms with E-state index in [2.05, 4.69) is 0 Å². The second kappa shape index (κ2) is 7.14. The normalized spacial score (nSPS) is 25.0. The van der Waals surface area contributed by atoms with Crippen LogP contribution in [0.2, 0.25) is 0 Å². The van der Waals surface area contributed by atoms with E-state index in [1.54, 1.807) is 0 Å². The number of halogens is 1. The molecule has 1 aliphatic rings. The SMILES string of the molecule is CC(=O)OC[C@H]1OC=C(Cl)[C@@H](OC(C)=O)[C@@H]1OC(C)=O. The minimum Gasteiger partial charge on any atom is -0.489 e. The van der Waals surface area contributed by atoms with Crippen LogP contribution < -0.4 is 0 Å². The molecule has 8 heteroatoms. The van der Waals surface area contributed by atoms with Crippen molar-refractivity contribution in [3.8, 4) is 0 Å². The molecule has 0 amide bonds. The van der Waals surface area contributed by atoms with Crippen LogP contribution in [0.1, 0.15) is 20.8 Å². The van der Waals surface area contributed by atoms with Gasteiger partial charge in [-0.05, 0) is 0 Å². The first-order valence-corrected chi connectivity index (χ1v) is 6.18. The van der Waals surface area contributed by atoms with Crippen LogP contribution in [0.25, 0.3) is 0 Å². The molecule has 0 aromatic heterocycles. The van der Waals surface area contributed by atoms with Gasteiger partial charge in [0.25, 0.3) is 0 Å². The first kappa shape index (κ1) is 16.3. The number of rotatable bonds is 4. The maximum atomic E-state index is 11.1. The minimum absolute atomic E-state index is 0.0746. The summed E-state index contributed by atoms with van der Waals surface area (Å²) in [6.07, 6.45) is -1.63. The molecule has 0 saturated carbocycles. The molecule has 1 rings (SSSR count). The summed E-state index contributed by atoms with van der Waals surface area (Å²) in [6, 6.07) is 0. The van der Waals surface area contributed by atoms with Gasteiger partial charge in [-0.15, -0.1) is 0 Å². The largest absolute Gasteiger partial charge is 0.489 e. The van der Waals surface area contributed by atoms with Crippen molar-refractivity contribution in [3.05, 3.63) is 11.3 Å². The van der Waals surface area contributed by atoms with Gasteiger partial charge < -0.3 is 18.9 Å². The van der Waals surface area contributed by atoms with Crippen LogP contribution in [0.3, 0.4) is 0 Å². The van der Waals surface area contributed by atoms with Crippen molar-refractivity contribution in [2.24, 2.45) is 0 Å². The predicted molar refractivity (Wildman–Crippen MR) is 66.6 cm³/mol. The highest BCUT2D eigenvalue weighted by Gasteiger charge is 2.41. The monoisotopic (exact) mass is 306 g/mol. The van der Waals surface area contributed by atoms with Gasteiger partial charge in [-0.25, -0.2) is 0 Å². The summed E-state index contributed by atoms with van der Waals surface area (Å²) in [5, 5.41) is 0.0746. The Balaban J connectivity index is 2.90. The van der Waals surface area contributed by atoms with E-state index in [-0.39, 0.29) is 11.6 Å². The van der Waals surface area contributed by atoms with Crippen molar-refractivity contribution < 1.29 is 33.3 Å². The Labute approximate surface area is 120 Å². The molecule has 0 spiro atoms. The molecule has 0 aliphatic carbocycles. The highest BCUT2D eigenvalue weighted by atomic mass is 35.5. The second-order valence-electron chi connectivity index (χ2n) is 4.08. The van der Waals surface area contributed by atoms with Crippen LogP contribution in [0.5, 0.6) is 0 Å². The van der Waals surface area contributed by atoms with Gasteiger partial charge in [0, 0.05) is 20.8 Å². The Hall–Kier alpha value is -1.76. The van der Waals surface area contributed by atoms with Crippen LogP contribution in [0.4, 0.5) is 0 Å². The molecule has 7 nitrogen and oxygen atoms in total. The molecule has 0 saturated heterocycles. The van der Waals surface area contributed by atoms with Gasteiger partial charge in [0.2, 0.25) is 0 Å². The summed E-state index contributed by atoms with van der Waals surface area (Å²) in [6.45, 7) is 3.47. The lowest BCUT2D eigenvalue weighted by molar-refractivity contribution is -0.179. The zero-order chi connectivity index (χ0) is 15.3. The number of carbonyl (C=O) groups is 3. The fraction of sp³-hybridized carbons (Fsp3) is 0.583. The molecule has 0 bridgehead atoms. The van der Waals surface area contributed by atoms with Gasteiger partial charge in [0.05, 0.1) is 5.03 Å². The van der Waals surface area contributed by atoms with Crippen LogP contribution in [0, 0.1) is 0 Å². The van der Waals surface area contributed by atoms with Gasteiger partial charge in [0.15, 0.2) is 18.3 Å². The highest BCUT2D eigenvalue weighted by Crippen LogP contribution is 2.27. The molecule has 0 unspecified atom stereocenters. The van der Waals surface area contributed by atoms with Crippen molar-refractivity contribution in [2.45, 2.75) is 39.1 Å². The summed E-state index contributed by atoms with van der Waals surface area (Å²) >= 11 is 5.89. The lowest BCUT2D eigenvalue weighted by atomic mass is 10.1. The standard InChI is InChI=1S/C12H15ClO7/c1-6(14)17-5-10-12(20-8(3)16)11(19-7(2)15)9(13)4-18-10/h4,10-12H,5H2,1-3H3/t10-,11-,12-/m1/s1. The Morgan fingerprint density at radius 3 is 2.25 bits per heavy atom. The summed E-state index contributed by atoms with van der Waals surface area (Å²) in [4.78, 5) is 33.1. The first-order valence-electron chi connectivity index (χ1n) is 5.80. The zero-order valence-corrected chi connectivity index (χ0v) is 12.0. The Bertz CT molecular complexity index is 432. The van der Waals surface area contributed by atoms with Crippen LogP contribution in [-0.4, -0.2) is 42.8 Å². The Kier molecular flexibility index (Phi) is 5.82. The van der Waals surface area contributed by atoms with Crippen molar-refractivity contribution in [1.82, 2.24) is 0 Å². The van der Waals surface area contributed by atoms with E-state index in [0.29, 0.717) is 0 Å². The van der Waals surface area contributed by atoms with E-state index < -0.39 is 36.2 Å². The summed E-state index contributed by atoms with van der Waals surface area (Å²) in [5.41, 5.74) is 0. The highest BCUT2D eigenvalue weighted by molar-refractivity contribution is 6.30. The fourth-order valence-corrected chi connectivity index (χ4v) is 1.83. The van der Waals surface area contributed by atoms with E-state index in [1.165, 1.54) is 27.0 Å². The van der Waals surface area contributed by atoms with Gasteiger partial charge in [-0.2, -0.15) is 0 Å². The van der Waals surface area contributed by atoms with Crippen LogP contribution >= 0.6 is 11.6 Å². The van der Waals surface area contributed by atoms with Crippen LogP contribution in [-0.2, 0) is 33.3 Å². The third-order valence-corrected chi connectivity index (χ3v) is 2.64. The lowest BCUT2D eigenvalue weighted by Crippen LogP contribution is -2.48. The molecule has 0 aromatic rings. The Morgan fingerprint density at radius 2 is 1.75 bits per heavy atom. The molecule has 1 aliphatic heterocycles. The summed E-state index contributed by atoms with van der Waals surface area (Å²) in [5.74, 6) is -1.71. The number of ether oxygens (including phenoxy) is 4. The molecule has 0 aromatic carbocycles. The van der Waals surface area contributed by atoms with Crippen molar-refractivity contribution >= 4 is 29.5 Å². The molecular formula is C12H15ClO7. The number of hydrogen-bond acceptors (Lipinski definition) is 7. The topological polar surface area (TPSA) is 88.1 Å². The maximum Gasteiger partial charge on any atom is 0.303 e. The predicted octanol–water partition coefficient (Wildman–Crippen LogP) is 0.892. The van der Waals surface area contributed by atoms with Crippen LogP contribution in [0.15, 0.2) is 11.3 Å². The third kappa shape index (κ3) is 4.73. The smallest absolute Gasteiger partial charge is 0.303 e. The minimum atomic E-state index is -0.993. The van der Waals surface area contributed by atoms with Crippen molar-refractivity contribution in [3.63, 3.8) is 0 Å². The zero-order valence-electron chi connectivity index (χ0n) is 11.3. The average Bonchev–Trinajstić information content (AvgIpc) is 2.31. The van der Waals surface area contributed by atoms with E-state index in [4.69, 9.17) is 30.5 Å². The summed E-state index contributed by atoms with van der Waals surface area (Å²) < 4.78 is 20.1. The third-order valence-electron chi connectivity index (χ3n) is 2.34. The van der Waals surface area contributed by atoms with E-state index >= 15 is 0 Å². The maximum absolute atomic E-state index is 11.1.